The quantitative estimate of drug-likeness (QED) is 0.172. The molecular formula is C32H47N5O8S. The summed E-state index contributed by atoms with van der Waals surface area (Å²) in [5, 5.41) is 16.1. The molecule has 3 atom stereocenters. The molecule has 1 aliphatic rings. The largest absolute Gasteiger partial charge is 0.391 e. The molecule has 3 rings (SSSR count). The van der Waals surface area contributed by atoms with Crippen molar-refractivity contribution in [1.82, 2.24) is 20.5 Å². The number of carbonyl (C=O) groups excluding carboxylic acids is 4. The minimum Gasteiger partial charge on any atom is -0.391 e. The summed E-state index contributed by atoms with van der Waals surface area (Å²) in [6, 6.07) is 6.08. The molecule has 0 unspecified atom stereocenters. The molecule has 1 fully saturated rings. The zero-order chi connectivity index (χ0) is 33.7. The number of amides is 4. The van der Waals surface area contributed by atoms with Gasteiger partial charge in [0, 0.05) is 32.4 Å². The summed E-state index contributed by atoms with van der Waals surface area (Å²) < 4.78 is 16.1. The fraction of sp³-hybridized carbons (Fsp3) is 0.594. The maximum atomic E-state index is 13.8. The molecule has 1 aromatic carbocycles. The van der Waals surface area contributed by atoms with Crippen LogP contribution < -0.4 is 16.4 Å². The van der Waals surface area contributed by atoms with Crippen LogP contribution in [0.15, 0.2) is 29.8 Å². The van der Waals surface area contributed by atoms with E-state index >= 15 is 0 Å². The molecule has 4 amide bonds. The number of thiazole rings is 1. The number of rotatable bonds is 18. The van der Waals surface area contributed by atoms with Crippen LogP contribution in [0.4, 0.5) is 0 Å². The van der Waals surface area contributed by atoms with Crippen molar-refractivity contribution in [1.29, 1.82) is 0 Å². The van der Waals surface area contributed by atoms with Gasteiger partial charge < -0.3 is 40.6 Å². The summed E-state index contributed by atoms with van der Waals surface area (Å²) in [6.45, 7) is 9.36. The molecule has 1 aliphatic heterocycles. The van der Waals surface area contributed by atoms with Crippen molar-refractivity contribution >= 4 is 35.0 Å². The second-order valence-electron chi connectivity index (χ2n) is 12.2. The Balaban J connectivity index is 1.45. The normalized spacial score (nSPS) is 17.1. The van der Waals surface area contributed by atoms with E-state index in [9.17, 15) is 24.3 Å². The Morgan fingerprint density at radius 2 is 1.63 bits per heavy atom. The number of aliphatic hydroxyl groups is 1. The molecule has 2 heterocycles. The van der Waals surface area contributed by atoms with Gasteiger partial charge in [-0.05, 0) is 23.5 Å². The molecule has 0 spiro atoms. The maximum Gasteiger partial charge on any atom is 0.246 e. The summed E-state index contributed by atoms with van der Waals surface area (Å²) in [5.41, 5.74) is 9.11. The standard InChI is InChI=1S/C32H47N5O8S/c1-21-28(46-20-35-21)23-7-5-22(6-8-23)18-34-30(41)25-17-24(38)19-37(25)31(42)29(32(2,3)4)36-27(40)10-12-44-14-16-45-15-13-43-11-9-26(33)39/h5-8,20,24-25,29,38H,9-19H2,1-4H3,(H2,33,39)(H,34,41)(H,36,40)/t24-,25+,29-/m1/s1. The van der Waals surface area contributed by atoms with Gasteiger partial charge in [0.05, 0.1) is 61.8 Å². The first-order chi connectivity index (χ1) is 21.9. The Kier molecular flexibility index (Phi) is 14.5. The summed E-state index contributed by atoms with van der Waals surface area (Å²) in [5.74, 6) is -1.57. The average molecular weight is 662 g/mol. The Hall–Kier alpha value is -3.43. The van der Waals surface area contributed by atoms with Gasteiger partial charge in [0.2, 0.25) is 23.6 Å². The van der Waals surface area contributed by atoms with E-state index in [0.717, 1.165) is 21.7 Å². The average Bonchev–Trinajstić information content (AvgIpc) is 3.61. The second kappa shape index (κ2) is 18.0. The highest BCUT2D eigenvalue weighted by Gasteiger charge is 2.44. The lowest BCUT2D eigenvalue weighted by atomic mass is 9.85. The van der Waals surface area contributed by atoms with Gasteiger partial charge in [0.15, 0.2) is 0 Å². The van der Waals surface area contributed by atoms with Gasteiger partial charge in [0.1, 0.15) is 12.1 Å². The van der Waals surface area contributed by atoms with E-state index in [2.05, 4.69) is 15.6 Å². The smallest absolute Gasteiger partial charge is 0.246 e. The zero-order valence-electron chi connectivity index (χ0n) is 27.1. The molecule has 2 aromatic rings. The van der Waals surface area contributed by atoms with E-state index in [1.807, 2.05) is 57.5 Å². The minimum atomic E-state index is -0.916. The third kappa shape index (κ3) is 11.7. The molecule has 0 aliphatic carbocycles. The number of aryl methyl sites for hydroxylation is 1. The number of nitrogens with zero attached hydrogens (tertiary/aromatic N) is 2. The SMILES string of the molecule is Cc1ncsc1-c1ccc(CNC(=O)[C@@H]2C[C@@H](O)CN2C(=O)[C@@H](NC(=O)CCOCCOCCOCCC(N)=O)C(C)(C)C)cc1. The van der Waals surface area contributed by atoms with Crippen LogP contribution in [0.3, 0.4) is 0 Å². The third-order valence-corrected chi connectivity index (χ3v) is 8.40. The van der Waals surface area contributed by atoms with Gasteiger partial charge in [-0.25, -0.2) is 4.98 Å². The number of benzene rings is 1. The third-order valence-electron chi connectivity index (χ3n) is 7.42. The van der Waals surface area contributed by atoms with Crippen molar-refractivity contribution in [3.05, 3.63) is 41.0 Å². The first-order valence-electron chi connectivity index (χ1n) is 15.4. The number of likely N-dealkylation sites (tertiary alicyclic amines) is 1. The number of nitrogens with one attached hydrogen (secondary N) is 2. The molecule has 254 valence electrons. The van der Waals surface area contributed by atoms with Crippen molar-refractivity contribution in [3.63, 3.8) is 0 Å². The number of nitrogens with two attached hydrogens (primary N) is 1. The van der Waals surface area contributed by atoms with Gasteiger partial charge in [-0.2, -0.15) is 0 Å². The molecule has 1 aromatic heterocycles. The fourth-order valence-corrected chi connectivity index (χ4v) is 5.70. The van der Waals surface area contributed by atoms with E-state index in [1.54, 1.807) is 11.3 Å². The predicted octanol–water partition coefficient (Wildman–Crippen LogP) is 1.54. The highest BCUT2D eigenvalue weighted by atomic mass is 32.1. The lowest BCUT2D eigenvalue weighted by Gasteiger charge is -2.35. The Bertz CT molecular complexity index is 1300. The molecule has 46 heavy (non-hydrogen) atoms. The minimum absolute atomic E-state index is 0.00155. The molecule has 0 saturated carbocycles. The summed E-state index contributed by atoms with van der Waals surface area (Å²) >= 11 is 1.57. The van der Waals surface area contributed by atoms with Crippen LogP contribution in [0.5, 0.6) is 0 Å². The topological polar surface area (TPSA) is 182 Å². The number of hydrogen-bond acceptors (Lipinski definition) is 10. The monoisotopic (exact) mass is 661 g/mol. The van der Waals surface area contributed by atoms with Crippen LogP contribution in [0.2, 0.25) is 0 Å². The van der Waals surface area contributed by atoms with E-state index in [0.29, 0.717) is 19.8 Å². The fourth-order valence-electron chi connectivity index (χ4n) is 4.89. The maximum absolute atomic E-state index is 13.8. The van der Waals surface area contributed by atoms with Crippen molar-refractivity contribution in [3.8, 4) is 10.4 Å². The number of β-amino-alcohol motifs (C(OH)–C–C–N with tert-alkyl or cyclic N) is 1. The number of aliphatic hydroxyl groups excluding tert-OH is 1. The molecular weight excluding hydrogens is 614 g/mol. The van der Waals surface area contributed by atoms with Gasteiger partial charge >= 0.3 is 0 Å². The van der Waals surface area contributed by atoms with E-state index in [-0.39, 0.29) is 64.0 Å². The molecule has 1 saturated heterocycles. The molecule has 0 bridgehead atoms. The van der Waals surface area contributed by atoms with Gasteiger partial charge in [-0.1, -0.05) is 45.0 Å². The van der Waals surface area contributed by atoms with Crippen LogP contribution >= 0.6 is 11.3 Å². The number of carbonyl (C=O) groups is 4. The Morgan fingerprint density at radius 3 is 2.20 bits per heavy atom. The van der Waals surface area contributed by atoms with Gasteiger partial charge in [0.25, 0.3) is 0 Å². The number of primary amides is 1. The van der Waals surface area contributed by atoms with Gasteiger partial charge in [-0.15, -0.1) is 11.3 Å². The number of aromatic nitrogens is 1. The highest BCUT2D eigenvalue weighted by molar-refractivity contribution is 7.13. The van der Waals surface area contributed by atoms with Crippen molar-refractivity contribution in [2.75, 3.05) is 46.2 Å². The molecule has 14 heteroatoms. The predicted molar refractivity (Wildman–Crippen MR) is 173 cm³/mol. The lowest BCUT2D eigenvalue weighted by Crippen LogP contribution is -2.57. The molecule has 5 N–H and O–H groups in total. The molecule has 0 radical (unpaired) electrons. The number of hydrogen-bond donors (Lipinski definition) is 4. The second-order valence-corrected chi connectivity index (χ2v) is 13.1. The highest BCUT2D eigenvalue weighted by Crippen LogP contribution is 2.28. The van der Waals surface area contributed by atoms with Crippen LogP contribution in [0, 0.1) is 12.3 Å². The summed E-state index contributed by atoms with van der Waals surface area (Å²) in [6.07, 6.45) is -0.547. The van der Waals surface area contributed by atoms with Crippen LogP contribution in [-0.2, 0) is 39.9 Å². The first-order valence-corrected chi connectivity index (χ1v) is 16.3. The molecule has 13 nitrogen and oxygen atoms in total. The lowest BCUT2D eigenvalue weighted by molar-refractivity contribution is -0.144. The Morgan fingerprint density at radius 1 is 1.02 bits per heavy atom. The van der Waals surface area contributed by atoms with E-state index < -0.39 is 35.4 Å². The van der Waals surface area contributed by atoms with Gasteiger partial charge in [-0.3, -0.25) is 19.2 Å². The van der Waals surface area contributed by atoms with Crippen LogP contribution in [0.25, 0.3) is 10.4 Å². The zero-order valence-corrected chi connectivity index (χ0v) is 27.9. The van der Waals surface area contributed by atoms with E-state index in [1.165, 1.54) is 4.90 Å². The Labute approximate surface area is 274 Å². The van der Waals surface area contributed by atoms with Crippen LogP contribution in [-0.4, -0.2) is 103 Å². The van der Waals surface area contributed by atoms with Crippen molar-refractivity contribution in [2.24, 2.45) is 11.1 Å². The first kappa shape index (κ1) is 37.0. The summed E-state index contributed by atoms with van der Waals surface area (Å²) in [7, 11) is 0. The summed E-state index contributed by atoms with van der Waals surface area (Å²) in [4.78, 5) is 57.2. The van der Waals surface area contributed by atoms with Crippen molar-refractivity contribution < 1.29 is 38.5 Å². The van der Waals surface area contributed by atoms with Crippen LogP contribution in [0.1, 0.15) is 51.3 Å². The number of ether oxygens (including phenoxy) is 3. The van der Waals surface area contributed by atoms with E-state index in [4.69, 9.17) is 19.9 Å². The van der Waals surface area contributed by atoms with Crippen molar-refractivity contribution in [2.45, 2.75) is 71.7 Å².